The van der Waals surface area contributed by atoms with E-state index in [1.807, 2.05) is 53.1 Å². The number of hydrogen-bond donors (Lipinski definition) is 1. The van der Waals surface area contributed by atoms with E-state index in [1.165, 1.54) is 12.1 Å². The average molecular weight is 543 g/mol. The third kappa shape index (κ3) is 7.56. The van der Waals surface area contributed by atoms with E-state index in [1.54, 1.807) is 23.9 Å². The highest BCUT2D eigenvalue weighted by Crippen LogP contribution is 2.28. The van der Waals surface area contributed by atoms with Crippen LogP contribution in [-0.4, -0.2) is 20.7 Å². The van der Waals surface area contributed by atoms with Crippen molar-refractivity contribution >= 4 is 40.9 Å². The number of carbonyl (C=O) groups excluding carboxylic acids is 1. The van der Waals surface area contributed by atoms with Gasteiger partial charge in [-0.1, -0.05) is 65.3 Å². The minimum absolute atomic E-state index is 0.0339. The standard InChI is InChI=1S/C27H25Cl2FN4OS/c28-21-6-3-5-20(15-21)18-36-27-33-32-25(34(27)24-8-4-7-22(29)16-24)9-1-2-10-26(35)31-17-19-11-13-23(30)14-12-19/h3-8,11-16H,1-2,9-10,17-18H2,(H,31,35). The van der Waals surface area contributed by atoms with Crippen LogP contribution in [-0.2, 0) is 23.5 Å². The molecule has 0 atom stereocenters. The van der Waals surface area contributed by atoms with Gasteiger partial charge in [-0.2, -0.15) is 0 Å². The minimum atomic E-state index is -0.290. The number of nitrogens with one attached hydrogen (secondary N) is 1. The summed E-state index contributed by atoms with van der Waals surface area (Å²) >= 11 is 14.0. The van der Waals surface area contributed by atoms with Crippen LogP contribution in [0.1, 0.15) is 36.2 Å². The molecule has 0 radical (unpaired) electrons. The van der Waals surface area contributed by atoms with E-state index < -0.39 is 0 Å². The van der Waals surface area contributed by atoms with Crippen molar-refractivity contribution in [1.82, 2.24) is 20.1 Å². The number of aromatic nitrogens is 3. The highest BCUT2D eigenvalue weighted by molar-refractivity contribution is 7.98. The van der Waals surface area contributed by atoms with E-state index in [0.29, 0.717) is 41.6 Å². The summed E-state index contributed by atoms with van der Waals surface area (Å²) in [6, 6.07) is 21.5. The Hall–Kier alpha value is -2.87. The van der Waals surface area contributed by atoms with Crippen molar-refractivity contribution in [2.24, 2.45) is 0 Å². The van der Waals surface area contributed by atoms with Gasteiger partial charge in [0.15, 0.2) is 5.16 Å². The highest BCUT2D eigenvalue weighted by Gasteiger charge is 2.15. The predicted octanol–water partition coefficient (Wildman–Crippen LogP) is 7.03. The molecular formula is C27H25Cl2FN4OS. The first-order valence-electron chi connectivity index (χ1n) is 11.6. The Morgan fingerprint density at radius 1 is 0.917 bits per heavy atom. The number of halogens is 3. The lowest BCUT2D eigenvalue weighted by atomic mass is 10.1. The first-order chi connectivity index (χ1) is 17.5. The molecule has 0 aliphatic carbocycles. The fraction of sp³-hybridized carbons (Fsp3) is 0.222. The van der Waals surface area contributed by atoms with Crippen LogP contribution in [0.3, 0.4) is 0 Å². The summed E-state index contributed by atoms with van der Waals surface area (Å²) in [5, 5.41) is 13.9. The molecule has 186 valence electrons. The van der Waals surface area contributed by atoms with Gasteiger partial charge in [-0.05, 0) is 66.4 Å². The van der Waals surface area contributed by atoms with E-state index in [9.17, 15) is 9.18 Å². The molecule has 4 aromatic rings. The molecule has 0 aliphatic heterocycles. The van der Waals surface area contributed by atoms with Crippen LogP contribution < -0.4 is 5.32 Å². The zero-order valence-electron chi connectivity index (χ0n) is 19.5. The Balaban J connectivity index is 1.35. The Morgan fingerprint density at radius 3 is 2.42 bits per heavy atom. The van der Waals surface area contributed by atoms with Crippen LogP contribution >= 0.6 is 35.0 Å². The molecule has 5 nitrogen and oxygen atoms in total. The second kappa shape index (κ2) is 12.9. The number of thioether (sulfide) groups is 1. The SMILES string of the molecule is O=C(CCCCc1nnc(SCc2cccc(Cl)c2)n1-c1cccc(Cl)c1)NCc1ccc(F)cc1. The maximum atomic E-state index is 13.0. The van der Waals surface area contributed by atoms with Crippen LogP contribution in [0.15, 0.2) is 78.0 Å². The van der Waals surface area contributed by atoms with E-state index in [-0.39, 0.29) is 11.7 Å². The van der Waals surface area contributed by atoms with Crippen LogP contribution in [0.25, 0.3) is 5.69 Å². The average Bonchev–Trinajstić information content (AvgIpc) is 3.28. The zero-order valence-corrected chi connectivity index (χ0v) is 21.8. The molecule has 0 spiro atoms. The number of aryl methyl sites for hydroxylation is 1. The predicted molar refractivity (Wildman–Crippen MR) is 143 cm³/mol. The van der Waals surface area contributed by atoms with Crippen LogP contribution in [0.5, 0.6) is 0 Å². The summed E-state index contributed by atoms with van der Waals surface area (Å²) in [5.41, 5.74) is 2.86. The Kier molecular flexibility index (Phi) is 9.39. The third-order valence-corrected chi connectivity index (χ3v) is 6.95. The molecule has 0 saturated carbocycles. The maximum Gasteiger partial charge on any atom is 0.220 e. The molecule has 1 aromatic heterocycles. The molecule has 0 fully saturated rings. The van der Waals surface area contributed by atoms with Crippen molar-refractivity contribution in [2.75, 3.05) is 0 Å². The molecule has 4 rings (SSSR count). The normalized spacial score (nSPS) is 11.0. The Labute approximate surface area is 224 Å². The second-order valence-electron chi connectivity index (χ2n) is 8.24. The number of carbonyl (C=O) groups is 1. The van der Waals surface area contributed by atoms with E-state index in [4.69, 9.17) is 23.2 Å². The fourth-order valence-electron chi connectivity index (χ4n) is 3.66. The van der Waals surface area contributed by atoms with Crippen molar-refractivity contribution in [3.63, 3.8) is 0 Å². The number of hydrogen-bond acceptors (Lipinski definition) is 4. The Morgan fingerprint density at radius 2 is 1.67 bits per heavy atom. The number of rotatable bonds is 11. The number of benzene rings is 3. The molecule has 0 saturated heterocycles. The molecule has 1 N–H and O–H groups in total. The summed E-state index contributed by atoms with van der Waals surface area (Å²) in [6.45, 7) is 0.384. The minimum Gasteiger partial charge on any atom is -0.352 e. The summed E-state index contributed by atoms with van der Waals surface area (Å²) in [4.78, 5) is 12.2. The lowest BCUT2D eigenvalue weighted by Crippen LogP contribution is -2.22. The van der Waals surface area contributed by atoms with Gasteiger partial charge in [-0.25, -0.2) is 4.39 Å². The van der Waals surface area contributed by atoms with Gasteiger partial charge in [0, 0.05) is 35.2 Å². The van der Waals surface area contributed by atoms with Crippen molar-refractivity contribution in [1.29, 1.82) is 0 Å². The number of nitrogens with zero attached hydrogens (tertiary/aromatic N) is 3. The smallest absolute Gasteiger partial charge is 0.220 e. The topological polar surface area (TPSA) is 59.8 Å². The number of amides is 1. The van der Waals surface area contributed by atoms with Crippen molar-refractivity contribution in [2.45, 2.75) is 43.1 Å². The first-order valence-corrected chi connectivity index (χ1v) is 13.3. The molecule has 3 aromatic carbocycles. The molecule has 1 heterocycles. The lowest BCUT2D eigenvalue weighted by Gasteiger charge is -2.11. The van der Waals surface area contributed by atoms with Crippen molar-refractivity contribution in [3.8, 4) is 5.69 Å². The van der Waals surface area contributed by atoms with Crippen LogP contribution in [0, 0.1) is 5.82 Å². The van der Waals surface area contributed by atoms with Gasteiger partial charge in [-0.3, -0.25) is 9.36 Å². The van der Waals surface area contributed by atoms with Gasteiger partial charge in [0.05, 0.1) is 5.69 Å². The first kappa shape index (κ1) is 26.2. The highest BCUT2D eigenvalue weighted by atomic mass is 35.5. The summed E-state index contributed by atoms with van der Waals surface area (Å²) in [7, 11) is 0. The molecule has 0 unspecified atom stereocenters. The van der Waals surface area contributed by atoms with Crippen molar-refractivity contribution in [3.05, 3.63) is 106 Å². The zero-order chi connectivity index (χ0) is 25.3. The molecular weight excluding hydrogens is 518 g/mol. The molecule has 0 bridgehead atoms. The fourth-order valence-corrected chi connectivity index (χ4v) is 4.98. The van der Waals surface area contributed by atoms with Crippen LogP contribution in [0.2, 0.25) is 10.0 Å². The van der Waals surface area contributed by atoms with Gasteiger partial charge in [0.1, 0.15) is 11.6 Å². The largest absolute Gasteiger partial charge is 0.352 e. The lowest BCUT2D eigenvalue weighted by molar-refractivity contribution is -0.121. The summed E-state index contributed by atoms with van der Waals surface area (Å²) in [6.07, 6.45) is 2.57. The summed E-state index contributed by atoms with van der Waals surface area (Å²) < 4.78 is 15.0. The molecule has 9 heteroatoms. The molecule has 0 aliphatic rings. The molecule has 36 heavy (non-hydrogen) atoms. The third-order valence-electron chi connectivity index (χ3n) is 5.48. The Bertz CT molecular complexity index is 1310. The van der Waals surface area contributed by atoms with E-state index >= 15 is 0 Å². The summed E-state index contributed by atoms with van der Waals surface area (Å²) in [5.74, 6) is 1.20. The van der Waals surface area contributed by atoms with Gasteiger partial charge in [0.25, 0.3) is 0 Å². The second-order valence-corrected chi connectivity index (χ2v) is 10.1. The van der Waals surface area contributed by atoms with Gasteiger partial charge in [0.2, 0.25) is 5.91 Å². The van der Waals surface area contributed by atoms with Crippen LogP contribution in [0.4, 0.5) is 4.39 Å². The van der Waals surface area contributed by atoms with E-state index in [0.717, 1.165) is 34.2 Å². The monoisotopic (exact) mass is 542 g/mol. The maximum absolute atomic E-state index is 13.0. The van der Waals surface area contributed by atoms with Gasteiger partial charge >= 0.3 is 0 Å². The van der Waals surface area contributed by atoms with Gasteiger partial charge in [-0.15, -0.1) is 10.2 Å². The number of unbranched alkanes of at least 4 members (excludes halogenated alkanes) is 1. The van der Waals surface area contributed by atoms with Gasteiger partial charge < -0.3 is 5.32 Å². The van der Waals surface area contributed by atoms with E-state index in [2.05, 4.69) is 15.5 Å². The quantitative estimate of drug-likeness (QED) is 0.163. The van der Waals surface area contributed by atoms with Crippen molar-refractivity contribution < 1.29 is 9.18 Å². The molecule has 1 amide bonds.